The molecule has 18 heavy (non-hydrogen) atoms. The van der Waals surface area contributed by atoms with Crippen LogP contribution >= 0.6 is 15.9 Å². The SMILES string of the molecule is CCOCC(C)(C)Cn1nnc2ccc(Br)cc21. The number of hydrogen-bond acceptors (Lipinski definition) is 3. The molecule has 0 radical (unpaired) electrons. The lowest BCUT2D eigenvalue weighted by Crippen LogP contribution is -2.26. The van der Waals surface area contributed by atoms with Gasteiger partial charge in [-0.05, 0) is 25.1 Å². The first-order valence-electron chi connectivity index (χ1n) is 6.08. The van der Waals surface area contributed by atoms with Gasteiger partial charge in [0.05, 0.1) is 18.7 Å². The Morgan fingerprint density at radius 3 is 2.89 bits per heavy atom. The maximum atomic E-state index is 5.51. The standard InChI is InChI=1S/C13H18BrN3O/c1-4-18-9-13(2,3)8-17-12-7-10(14)5-6-11(12)15-16-17/h5-7H,4,8-9H2,1-3H3. The Morgan fingerprint density at radius 1 is 1.39 bits per heavy atom. The van der Waals surface area contributed by atoms with Gasteiger partial charge in [0, 0.05) is 16.5 Å². The van der Waals surface area contributed by atoms with Crippen LogP contribution in [0, 0.1) is 5.41 Å². The van der Waals surface area contributed by atoms with E-state index in [9.17, 15) is 0 Å². The molecular formula is C13H18BrN3O. The van der Waals surface area contributed by atoms with E-state index >= 15 is 0 Å². The summed E-state index contributed by atoms with van der Waals surface area (Å²) in [7, 11) is 0. The van der Waals surface area contributed by atoms with Crippen molar-refractivity contribution in [1.82, 2.24) is 15.0 Å². The van der Waals surface area contributed by atoms with Gasteiger partial charge in [0.2, 0.25) is 0 Å². The third-order valence-corrected chi connectivity index (χ3v) is 3.24. The Hall–Kier alpha value is -0.940. The van der Waals surface area contributed by atoms with E-state index in [-0.39, 0.29) is 5.41 Å². The number of hydrogen-bond donors (Lipinski definition) is 0. The predicted molar refractivity (Wildman–Crippen MR) is 75.5 cm³/mol. The minimum Gasteiger partial charge on any atom is -0.381 e. The second-order valence-corrected chi connectivity index (χ2v) is 6.10. The van der Waals surface area contributed by atoms with E-state index in [1.807, 2.05) is 29.8 Å². The lowest BCUT2D eigenvalue weighted by Gasteiger charge is -2.24. The molecule has 4 nitrogen and oxygen atoms in total. The van der Waals surface area contributed by atoms with Crippen LogP contribution in [0.15, 0.2) is 22.7 Å². The number of benzene rings is 1. The summed E-state index contributed by atoms with van der Waals surface area (Å²) in [6.45, 7) is 8.62. The van der Waals surface area contributed by atoms with Crippen LogP contribution < -0.4 is 0 Å². The van der Waals surface area contributed by atoms with Crippen LogP contribution in [0.25, 0.3) is 11.0 Å². The molecule has 2 rings (SSSR count). The van der Waals surface area contributed by atoms with Crippen molar-refractivity contribution in [2.75, 3.05) is 13.2 Å². The zero-order chi connectivity index (χ0) is 13.2. The molecule has 0 N–H and O–H groups in total. The van der Waals surface area contributed by atoms with Crippen molar-refractivity contribution in [3.63, 3.8) is 0 Å². The Balaban J connectivity index is 2.23. The average Bonchev–Trinajstić information content (AvgIpc) is 2.69. The maximum Gasteiger partial charge on any atom is 0.113 e. The van der Waals surface area contributed by atoms with Crippen LogP contribution in [-0.4, -0.2) is 28.2 Å². The van der Waals surface area contributed by atoms with Crippen LogP contribution in [0.1, 0.15) is 20.8 Å². The quantitative estimate of drug-likeness (QED) is 0.851. The lowest BCUT2D eigenvalue weighted by molar-refractivity contribution is 0.0594. The first kappa shape index (κ1) is 13.5. The summed E-state index contributed by atoms with van der Waals surface area (Å²) in [6, 6.07) is 6.00. The van der Waals surface area contributed by atoms with Crippen molar-refractivity contribution >= 4 is 27.0 Å². The van der Waals surface area contributed by atoms with E-state index in [0.29, 0.717) is 0 Å². The zero-order valence-electron chi connectivity index (χ0n) is 11.0. The molecule has 0 aliphatic carbocycles. The average molecular weight is 312 g/mol. The van der Waals surface area contributed by atoms with Crippen molar-refractivity contribution in [3.8, 4) is 0 Å². The summed E-state index contributed by atoms with van der Waals surface area (Å²) >= 11 is 3.48. The molecule has 0 fully saturated rings. The van der Waals surface area contributed by atoms with Crippen molar-refractivity contribution in [2.24, 2.45) is 5.41 Å². The largest absolute Gasteiger partial charge is 0.381 e. The van der Waals surface area contributed by atoms with Crippen LogP contribution in [0.5, 0.6) is 0 Å². The van der Waals surface area contributed by atoms with Gasteiger partial charge in [-0.25, -0.2) is 4.68 Å². The van der Waals surface area contributed by atoms with Crippen LogP contribution in [0.2, 0.25) is 0 Å². The molecule has 0 saturated carbocycles. The van der Waals surface area contributed by atoms with E-state index in [1.165, 1.54) is 0 Å². The normalized spacial score (nSPS) is 12.2. The summed E-state index contributed by atoms with van der Waals surface area (Å²) in [4.78, 5) is 0. The van der Waals surface area contributed by atoms with Gasteiger partial charge in [0.1, 0.15) is 5.52 Å². The number of fused-ring (bicyclic) bond motifs is 1. The fourth-order valence-electron chi connectivity index (χ4n) is 1.88. The molecule has 0 spiro atoms. The van der Waals surface area contributed by atoms with Crippen LogP contribution in [0.4, 0.5) is 0 Å². The summed E-state index contributed by atoms with van der Waals surface area (Å²) < 4.78 is 8.50. The Labute approximate surface area is 115 Å². The molecular weight excluding hydrogens is 294 g/mol. The first-order chi connectivity index (χ1) is 8.52. The molecule has 1 aromatic heterocycles. The lowest BCUT2D eigenvalue weighted by atomic mass is 9.95. The second-order valence-electron chi connectivity index (χ2n) is 5.18. The van der Waals surface area contributed by atoms with E-state index < -0.39 is 0 Å². The molecule has 1 aromatic carbocycles. The summed E-state index contributed by atoms with van der Waals surface area (Å²) in [6.07, 6.45) is 0. The summed E-state index contributed by atoms with van der Waals surface area (Å²) in [5.41, 5.74) is 2.01. The Kier molecular flexibility index (Phi) is 4.02. The summed E-state index contributed by atoms with van der Waals surface area (Å²) in [5, 5.41) is 8.40. The molecule has 0 unspecified atom stereocenters. The molecule has 0 aliphatic rings. The van der Waals surface area contributed by atoms with Gasteiger partial charge < -0.3 is 4.74 Å². The molecule has 0 bridgehead atoms. The van der Waals surface area contributed by atoms with Crippen molar-refractivity contribution in [2.45, 2.75) is 27.3 Å². The highest BCUT2D eigenvalue weighted by Crippen LogP contribution is 2.23. The molecule has 0 atom stereocenters. The van der Waals surface area contributed by atoms with Gasteiger partial charge in [-0.3, -0.25) is 0 Å². The Bertz CT molecular complexity index is 536. The van der Waals surface area contributed by atoms with Crippen LogP contribution in [0.3, 0.4) is 0 Å². The highest BCUT2D eigenvalue weighted by molar-refractivity contribution is 9.10. The second kappa shape index (κ2) is 5.36. The molecule has 2 aromatic rings. The monoisotopic (exact) mass is 311 g/mol. The van der Waals surface area contributed by atoms with Gasteiger partial charge >= 0.3 is 0 Å². The van der Waals surface area contributed by atoms with Gasteiger partial charge in [0.25, 0.3) is 0 Å². The molecule has 0 aliphatic heterocycles. The van der Waals surface area contributed by atoms with E-state index in [0.717, 1.165) is 35.3 Å². The van der Waals surface area contributed by atoms with Gasteiger partial charge in [0.15, 0.2) is 0 Å². The van der Waals surface area contributed by atoms with Gasteiger partial charge in [-0.1, -0.05) is 35.0 Å². The van der Waals surface area contributed by atoms with Gasteiger partial charge in [-0.15, -0.1) is 5.10 Å². The molecule has 5 heteroatoms. The minimum absolute atomic E-state index is 0.0406. The predicted octanol–water partition coefficient (Wildman–Crippen LogP) is 3.26. The number of rotatable bonds is 5. The number of aromatic nitrogens is 3. The van der Waals surface area contributed by atoms with E-state index in [1.54, 1.807) is 0 Å². The number of halogens is 1. The van der Waals surface area contributed by atoms with Crippen molar-refractivity contribution in [1.29, 1.82) is 0 Å². The topological polar surface area (TPSA) is 39.9 Å². The van der Waals surface area contributed by atoms with Gasteiger partial charge in [-0.2, -0.15) is 0 Å². The van der Waals surface area contributed by atoms with E-state index in [4.69, 9.17) is 4.74 Å². The third-order valence-electron chi connectivity index (χ3n) is 2.75. The number of nitrogens with zero attached hydrogens (tertiary/aromatic N) is 3. The third kappa shape index (κ3) is 3.09. The molecule has 0 saturated heterocycles. The molecule has 1 heterocycles. The summed E-state index contributed by atoms with van der Waals surface area (Å²) in [5.74, 6) is 0. The van der Waals surface area contributed by atoms with E-state index in [2.05, 4.69) is 40.1 Å². The van der Waals surface area contributed by atoms with Crippen LogP contribution in [-0.2, 0) is 11.3 Å². The molecule has 0 amide bonds. The Morgan fingerprint density at radius 2 is 2.17 bits per heavy atom. The highest BCUT2D eigenvalue weighted by atomic mass is 79.9. The number of ether oxygens (including phenoxy) is 1. The van der Waals surface area contributed by atoms with Crippen molar-refractivity contribution < 1.29 is 4.74 Å². The maximum absolute atomic E-state index is 5.51. The minimum atomic E-state index is 0.0406. The smallest absolute Gasteiger partial charge is 0.113 e. The molecule has 98 valence electrons. The first-order valence-corrected chi connectivity index (χ1v) is 6.88. The highest BCUT2D eigenvalue weighted by Gasteiger charge is 2.20. The zero-order valence-corrected chi connectivity index (χ0v) is 12.6. The van der Waals surface area contributed by atoms with Crippen molar-refractivity contribution in [3.05, 3.63) is 22.7 Å². The fraction of sp³-hybridized carbons (Fsp3) is 0.538. The fourth-order valence-corrected chi connectivity index (χ4v) is 2.23.